The molecule has 0 bridgehead atoms. The number of carbonyl (C=O) groups excluding carboxylic acids is 1. The molecule has 6 heteroatoms. The Morgan fingerprint density at radius 3 is 2.73 bits per heavy atom. The fraction of sp³-hybridized carbons (Fsp3) is 0.471. The molecular weight excluding hydrogens is 498 g/mol. The maximum absolute atomic E-state index is 13.3. The first kappa shape index (κ1) is 28.0. The number of nitrogens with one attached hydrogen (secondary N) is 1. The number of benzene rings is 1. The van der Waals surface area contributed by atoms with Gasteiger partial charge in [-0.2, -0.15) is 0 Å². The molecule has 1 aromatic carbocycles. The van der Waals surface area contributed by atoms with Crippen molar-refractivity contribution in [3.63, 3.8) is 0 Å². The molecule has 40 heavy (non-hydrogen) atoms. The van der Waals surface area contributed by atoms with Crippen molar-refractivity contribution in [1.82, 2.24) is 9.55 Å². The third kappa shape index (κ3) is 6.11. The van der Waals surface area contributed by atoms with Crippen LogP contribution in [0.3, 0.4) is 0 Å². The average Bonchev–Trinajstić information content (AvgIpc) is 3.62. The highest BCUT2D eigenvalue weighted by molar-refractivity contribution is 6.15. The highest BCUT2D eigenvalue weighted by Gasteiger charge is 2.27. The SMILES string of the molecule is CCCCC1CCCCCCc2[nH]c(/C=C3\N=C(c4cc5ccccc5n4C(=O)OC(C)(C)C)C=C3OC)cc21. The summed E-state index contributed by atoms with van der Waals surface area (Å²) in [6.45, 7) is 7.91. The Morgan fingerprint density at radius 1 is 1.15 bits per heavy atom. The van der Waals surface area contributed by atoms with Crippen LogP contribution in [-0.4, -0.2) is 34.1 Å². The number of rotatable bonds is 6. The molecule has 2 aliphatic rings. The number of hydrogen-bond acceptors (Lipinski definition) is 4. The first-order chi connectivity index (χ1) is 19.3. The number of aryl methyl sites for hydroxylation is 1. The Balaban J connectivity index is 1.53. The normalized spacial score (nSPS) is 19.0. The van der Waals surface area contributed by atoms with E-state index in [0.717, 1.165) is 28.7 Å². The van der Waals surface area contributed by atoms with Crippen LogP contribution in [0.4, 0.5) is 4.79 Å². The summed E-state index contributed by atoms with van der Waals surface area (Å²) in [6.07, 6.45) is 14.8. The number of fused-ring (bicyclic) bond motifs is 2. The van der Waals surface area contributed by atoms with Crippen molar-refractivity contribution in [1.29, 1.82) is 0 Å². The molecule has 3 heterocycles. The van der Waals surface area contributed by atoms with E-state index in [1.54, 1.807) is 11.7 Å². The summed E-state index contributed by atoms with van der Waals surface area (Å²) < 4.78 is 13.2. The number of hydrogen-bond donors (Lipinski definition) is 1. The van der Waals surface area contributed by atoms with Gasteiger partial charge in [0.25, 0.3) is 0 Å². The number of aromatic amines is 1. The minimum absolute atomic E-state index is 0.422. The maximum atomic E-state index is 13.3. The fourth-order valence-electron chi connectivity index (χ4n) is 5.95. The molecule has 5 rings (SSSR count). The molecule has 1 N–H and O–H groups in total. The second-order valence-corrected chi connectivity index (χ2v) is 12.1. The van der Waals surface area contributed by atoms with Gasteiger partial charge in [0.1, 0.15) is 17.1 Å². The first-order valence-corrected chi connectivity index (χ1v) is 14.9. The van der Waals surface area contributed by atoms with E-state index in [-0.39, 0.29) is 0 Å². The van der Waals surface area contributed by atoms with E-state index in [1.807, 2.05) is 57.2 Å². The van der Waals surface area contributed by atoms with Crippen LogP contribution in [0.1, 0.15) is 108 Å². The number of carbonyl (C=O) groups is 1. The van der Waals surface area contributed by atoms with E-state index in [2.05, 4.69) is 24.1 Å². The number of aliphatic imine (C=N–C) groups is 1. The summed E-state index contributed by atoms with van der Waals surface area (Å²) in [7, 11) is 1.67. The Kier molecular flexibility index (Phi) is 8.34. The lowest BCUT2D eigenvalue weighted by molar-refractivity contribution is 0.0544. The molecule has 2 aromatic heterocycles. The molecule has 212 valence electrons. The van der Waals surface area contributed by atoms with Crippen molar-refractivity contribution >= 4 is 28.8 Å². The molecule has 0 saturated heterocycles. The second kappa shape index (κ2) is 11.9. The van der Waals surface area contributed by atoms with Gasteiger partial charge in [0.2, 0.25) is 0 Å². The van der Waals surface area contributed by atoms with Crippen LogP contribution >= 0.6 is 0 Å². The smallest absolute Gasteiger partial charge is 0.419 e. The molecule has 1 atom stereocenters. The summed E-state index contributed by atoms with van der Waals surface area (Å²) in [5.74, 6) is 1.29. The number of para-hydroxylation sites is 1. The largest absolute Gasteiger partial charge is 0.494 e. The van der Waals surface area contributed by atoms with E-state index < -0.39 is 11.7 Å². The minimum atomic E-state index is -0.617. The van der Waals surface area contributed by atoms with Crippen LogP contribution in [0, 0.1) is 0 Å². The van der Waals surface area contributed by atoms with E-state index in [0.29, 0.717) is 23.1 Å². The zero-order valence-electron chi connectivity index (χ0n) is 24.7. The predicted molar refractivity (Wildman–Crippen MR) is 163 cm³/mol. The van der Waals surface area contributed by atoms with Crippen LogP contribution in [0.25, 0.3) is 17.0 Å². The van der Waals surface area contributed by atoms with Gasteiger partial charge in [0, 0.05) is 22.9 Å². The molecule has 6 nitrogen and oxygen atoms in total. The molecule has 0 fully saturated rings. The van der Waals surface area contributed by atoms with Gasteiger partial charge in [0.05, 0.1) is 24.0 Å². The summed E-state index contributed by atoms with van der Waals surface area (Å²) in [5, 5.41) is 0.953. The topological polar surface area (TPSA) is 68.6 Å². The summed E-state index contributed by atoms with van der Waals surface area (Å²) in [5.41, 5.74) is 6.20. The lowest BCUT2D eigenvalue weighted by Crippen LogP contribution is -2.28. The monoisotopic (exact) mass is 541 g/mol. The van der Waals surface area contributed by atoms with Crippen molar-refractivity contribution in [2.45, 2.75) is 97.0 Å². The zero-order chi connectivity index (χ0) is 28.3. The third-order valence-electron chi connectivity index (χ3n) is 7.85. The number of methoxy groups -OCH3 is 1. The number of ether oxygens (including phenoxy) is 2. The van der Waals surface area contributed by atoms with E-state index >= 15 is 0 Å². The third-order valence-corrected chi connectivity index (χ3v) is 7.85. The van der Waals surface area contributed by atoms with Gasteiger partial charge in [-0.3, -0.25) is 0 Å². The van der Waals surface area contributed by atoms with Crippen LogP contribution in [-0.2, 0) is 15.9 Å². The van der Waals surface area contributed by atoms with E-state index in [1.165, 1.54) is 62.6 Å². The molecule has 1 aliphatic carbocycles. The van der Waals surface area contributed by atoms with Gasteiger partial charge >= 0.3 is 6.09 Å². The standard InChI is InChI=1S/C34H43N3O3/c1-6-7-14-23-15-10-8-9-11-17-27-26(23)20-25(35-27)21-29-32(39-5)22-28(36-29)31-19-24-16-12-13-18-30(24)37(31)33(38)40-34(2,3)4/h12-13,16,18-23,35H,6-11,14-15,17H2,1-5H3/b29-21-. The number of unbranched alkanes of at least 4 members (excludes halogenated alkanes) is 1. The second-order valence-electron chi connectivity index (χ2n) is 12.1. The molecule has 0 radical (unpaired) electrons. The van der Waals surface area contributed by atoms with Gasteiger partial charge in [-0.1, -0.05) is 57.2 Å². The number of nitrogens with zero attached hydrogens (tertiary/aromatic N) is 2. The molecule has 3 aromatic rings. The fourth-order valence-corrected chi connectivity index (χ4v) is 5.95. The Labute approximate surface area is 238 Å². The van der Waals surface area contributed by atoms with Crippen molar-refractivity contribution < 1.29 is 14.3 Å². The molecule has 0 spiro atoms. The van der Waals surface area contributed by atoms with Gasteiger partial charge in [-0.25, -0.2) is 14.4 Å². The molecular formula is C34H43N3O3. The van der Waals surface area contributed by atoms with Gasteiger partial charge in [0.15, 0.2) is 0 Å². The first-order valence-electron chi connectivity index (χ1n) is 14.9. The van der Waals surface area contributed by atoms with Crippen molar-refractivity contribution in [2.75, 3.05) is 7.11 Å². The van der Waals surface area contributed by atoms with Crippen molar-refractivity contribution in [2.24, 2.45) is 4.99 Å². The average molecular weight is 542 g/mol. The molecule has 0 amide bonds. The maximum Gasteiger partial charge on any atom is 0.419 e. The van der Waals surface area contributed by atoms with E-state index in [4.69, 9.17) is 14.5 Å². The highest BCUT2D eigenvalue weighted by Crippen LogP contribution is 2.35. The van der Waals surface area contributed by atoms with Crippen molar-refractivity contribution in [3.8, 4) is 0 Å². The lowest BCUT2D eigenvalue weighted by Gasteiger charge is -2.20. The van der Waals surface area contributed by atoms with Gasteiger partial charge in [-0.05, 0) is 82.2 Å². The van der Waals surface area contributed by atoms with Crippen molar-refractivity contribution in [3.05, 3.63) is 76.6 Å². The van der Waals surface area contributed by atoms with Crippen LogP contribution in [0.5, 0.6) is 0 Å². The Morgan fingerprint density at radius 2 is 1.95 bits per heavy atom. The van der Waals surface area contributed by atoms with Gasteiger partial charge in [-0.15, -0.1) is 0 Å². The summed E-state index contributed by atoms with van der Waals surface area (Å²) in [6, 6.07) is 12.2. The zero-order valence-corrected chi connectivity index (χ0v) is 24.7. The summed E-state index contributed by atoms with van der Waals surface area (Å²) in [4.78, 5) is 22.1. The lowest BCUT2D eigenvalue weighted by atomic mass is 9.89. The molecule has 1 unspecified atom stereocenters. The number of H-pyrrole nitrogens is 1. The Bertz CT molecular complexity index is 1460. The van der Waals surface area contributed by atoms with Crippen LogP contribution < -0.4 is 0 Å². The summed E-state index contributed by atoms with van der Waals surface area (Å²) >= 11 is 0. The van der Waals surface area contributed by atoms with E-state index in [9.17, 15) is 4.79 Å². The quantitative estimate of drug-likeness (QED) is 0.339. The van der Waals surface area contributed by atoms with Gasteiger partial charge < -0.3 is 14.5 Å². The highest BCUT2D eigenvalue weighted by atomic mass is 16.6. The molecule has 1 aliphatic heterocycles. The number of allylic oxidation sites excluding steroid dienone is 1. The molecule has 0 saturated carbocycles. The predicted octanol–water partition coefficient (Wildman–Crippen LogP) is 8.91. The van der Waals surface area contributed by atoms with Crippen LogP contribution in [0.2, 0.25) is 0 Å². The van der Waals surface area contributed by atoms with Crippen LogP contribution in [0.15, 0.2) is 58.9 Å². The number of aromatic nitrogens is 2. The Hall–Kier alpha value is -3.54. The minimum Gasteiger partial charge on any atom is -0.494 e.